The summed E-state index contributed by atoms with van der Waals surface area (Å²) in [5, 5.41) is 9.07. The van der Waals surface area contributed by atoms with Crippen LogP contribution < -0.4 is 10.6 Å². The molecule has 0 bridgehead atoms. The molecule has 1 aliphatic heterocycles. The van der Waals surface area contributed by atoms with Crippen molar-refractivity contribution in [1.29, 1.82) is 0 Å². The minimum atomic E-state index is 0.490. The lowest BCUT2D eigenvalue weighted by atomic mass is 9.92. The van der Waals surface area contributed by atoms with Gasteiger partial charge in [-0.3, -0.25) is 0 Å². The van der Waals surface area contributed by atoms with E-state index in [9.17, 15) is 0 Å². The molecule has 0 spiro atoms. The molecule has 0 saturated heterocycles. The maximum atomic E-state index is 4.75. The molecule has 5 heteroatoms. The van der Waals surface area contributed by atoms with Gasteiger partial charge in [0.2, 0.25) is 0 Å². The number of hydrogen-bond donors (Lipinski definition) is 2. The van der Waals surface area contributed by atoms with Crippen molar-refractivity contribution in [2.75, 3.05) is 5.32 Å². The number of nitrogens with zero attached hydrogens (tertiary/aromatic N) is 1. The highest BCUT2D eigenvalue weighted by atomic mass is 79.9. The van der Waals surface area contributed by atoms with E-state index in [1.54, 1.807) is 11.3 Å². The summed E-state index contributed by atoms with van der Waals surface area (Å²) in [5.41, 5.74) is 2.42. The van der Waals surface area contributed by atoms with Crippen LogP contribution in [-0.4, -0.2) is 18.0 Å². The number of halogens is 1. The number of rotatable bonds is 1. The van der Waals surface area contributed by atoms with E-state index in [1.165, 1.54) is 31.2 Å². The van der Waals surface area contributed by atoms with Gasteiger partial charge in [0.1, 0.15) is 0 Å². The van der Waals surface area contributed by atoms with Crippen LogP contribution in [-0.2, 0) is 0 Å². The van der Waals surface area contributed by atoms with E-state index in [0.29, 0.717) is 12.1 Å². The Morgan fingerprint density at radius 3 is 3.00 bits per heavy atom. The fourth-order valence-electron chi connectivity index (χ4n) is 2.56. The molecule has 0 amide bonds. The summed E-state index contributed by atoms with van der Waals surface area (Å²) < 4.78 is 1.15. The maximum absolute atomic E-state index is 4.75. The van der Waals surface area contributed by atoms with Gasteiger partial charge in [0.15, 0.2) is 5.96 Å². The minimum Gasteiger partial charge on any atom is -0.351 e. The molecular weight excluding hydrogens is 298 g/mol. The summed E-state index contributed by atoms with van der Waals surface area (Å²) in [5.74, 6) is 0.948. The van der Waals surface area contributed by atoms with E-state index in [2.05, 4.69) is 38.9 Å². The maximum Gasteiger partial charge on any atom is 0.196 e. The van der Waals surface area contributed by atoms with Gasteiger partial charge in [0.05, 0.1) is 21.6 Å². The van der Waals surface area contributed by atoms with Gasteiger partial charge in [-0.15, -0.1) is 11.3 Å². The molecule has 1 aromatic heterocycles. The second-order valence-electron chi connectivity index (χ2n) is 4.77. The largest absolute Gasteiger partial charge is 0.351 e. The van der Waals surface area contributed by atoms with Gasteiger partial charge in [0, 0.05) is 0 Å². The normalized spacial score (nSPS) is 27.3. The molecule has 92 valence electrons. The van der Waals surface area contributed by atoms with Crippen molar-refractivity contribution in [2.45, 2.75) is 44.7 Å². The molecule has 0 radical (unpaired) electrons. The van der Waals surface area contributed by atoms with Crippen molar-refractivity contribution < 1.29 is 0 Å². The molecule has 3 nitrogen and oxygen atoms in total. The number of aliphatic imine (C=N–C) groups is 1. The lowest BCUT2D eigenvalue weighted by Crippen LogP contribution is -2.38. The highest BCUT2D eigenvalue weighted by Crippen LogP contribution is 2.33. The van der Waals surface area contributed by atoms with Gasteiger partial charge in [-0.2, -0.15) is 0 Å². The molecule has 1 unspecified atom stereocenters. The van der Waals surface area contributed by atoms with E-state index in [1.807, 2.05) is 0 Å². The Morgan fingerprint density at radius 2 is 2.29 bits per heavy atom. The Balaban J connectivity index is 1.74. The standard InChI is InChI=1S/C12H16BrN3S/c1-7-6-17-11(13)10(7)16-12-14-8-4-2-3-5-9(8)15-12/h6,8-9H,2-5H2,1H3,(H2,14,15,16)/t8-,9?/m1/s1. The van der Waals surface area contributed by atoms with E-state index < -0.39 is 0 Å². The number of thiophene rings is 1. The third-order valence-electron chi connectivity index (χ3n) is 3.52. The van der Waals surface area contributed by atoms with Crippen LogP contribution in [0.3, 0.4) is 0 Å². The van der Waals surface area contributed by atoms with Crippen LogP contribution in [0.5, 0.6) is 0 Å². The molecule has 17 heavy (non-hydrogen) atoms. The fourth-order valence-corrected chi connectivity index (χ4v) is 3.98. The molecule has 2 atom stereocenters. The van der Waals surface area contributed by atoms with E-state index in [4.69, 9.17) is 4.99 Å². The molecule has 2 heterocycles. The number of nitrogens with one attached hydrogen (secondary N) is 2. The quantitative estimate of drug-likeness (QED) is 0.832. The van der Waals surface area contributed by atoms with Gasteiger partial charge in [0.25, 0.3) is 0 Å². The number of aryl methyl sites for hydroxylation is 1. The highest BCUT2D eigenvalue weighted by molar-refractivity contribution is 9.11. The van der Waals surface area contributed by atoms with Crippen LogP contribution in [0.25, 0.3) is 0 Å². The summed E-state index contributed by atoms with van der Waals surface area (Å²) in [6.07, 6.45) is 5.13. The number of anilines is 1. The Hall–Kier alpha value is -0.550. The minimum absolute atomic E-state index is 0.490. The molecule has 2 N–H and O–H groups in total. The third-order valence-corrected chi connectivity index (χ3v) is 5.36. The predicted octanol–water partition coefficient (Wildman–Crippen LogP) is 3.50. The zero-order valence-corrected chi connectivity index (χ0v) is 12.2. The summed E-state index contributed by atoms with van der Waals surface area (Å²) in [6, 6.07) is 1.05. The first-order valence-corrected chi connectivity index (χ1v) is 7.76. The van der Waals surface area contributed by atoms with Crippen molar-refractivity contribution in [3.63, 3.8) is 0 Å². The Kier molecular flexibility index (Phi) is 3.13. The molecule has 3 rings (SSSR count). The number of guanidine groups is 1. The van der Waals surface area contributed by atoms with Crippen molar-refractivity contribution in [3.05, 3.63) is 14.7 Å². The first-order chi connectivity index (χ1) is 8.24. The lowest BCUT2D eigenvalue weighted by molar-refractivity contribution is 0.384. The topological polar surface area (TPSA) is 36.4 Å². The SMILES string of the molecule is Cc1csc(Br)c1NC1=NC2CCCC[C@H]2N1. The van der Waals surface area contributed by atoms with Crippen molar-refractivity contribution in [1.82, 2.24) is 5.32 Å². The van der Waals surface area contributed by atoms with Crippen molar-refractivity contribution in [3.8, 4) is 0 Å². The molecule has 2 aliphatic rings. The highest BCUT2D eigenvalue weighted by Gasteiger charge is 2.31. The summed E-state index contributed by atoms with van der Waals surface area (Å²) in [6.45, 7) is 2.12. The monoisotopic (exact) mass is 313 g/mol. The summed E-state index contributed by atoms with van der Waals surface area (Å²) in [4.78, 5) is 4.75. The molecule has 1 fully saturated rings. The summed E-state index contributed by atoms with van der Waals surface area (Å²) in [7, 11) is 0. The van der Waals surface area contributed by atoms with Gasteiger partial charge < -0.3 is 10.6 Å². The fraction of sp³-hybridized carbons (Fsp3) is 0.583. The van der Waals surface area contributed by atoms with Crippen LogP contribution in [0.15, 0.2) is 14.2 Å². The van der Waals surface area contributed by atoms with Crippen LogP contribution in [0.2, 0.25) is 0 Å². The van der Waals surface area contributed by atoms with Crippen molar-refractivity contribution in [2.24, 2.45) is 4.99 Å². The van der Waals surface area contributed by atoms with Crippen LogP contribution in [0, 0.1) is 6.92 Å². The first kappa shape index (κ1) is 11.5. The first-order valence-electron chi connectivity index (χ1n) is 6.09. The predicted molar refractivity (Wildman–Crippen MR) is 77.0 cm³/mol. The summed E-state index contributed by atoms with van der Waals surface area (Å²) >= 11 is 5.29. The van der Waals surface area contributed by atoms with Gasteiger partial charge >= 0.3 is 0 Å². The molecular formula is C12H16BrN3S. The second kappa shape index (κ2) is 4.61. The number of fused-ring (bicyclic) bond motifs is 1. The number of hydrogen-bond acceptors (Lipinski definition) is 4. The zero-order chi connectivity index (χ0) is 11.8. The third kappa shape index (κ3) is 2.22. The van der Waals surface area contributed by atoms with Gasteiger partial charge in [-0.25, -0.2) is 4.99 Å². The molecule has 1 saturated carbocycles. The molecule has 1 aromatic rings. The van der Waals surface area contributed by atoms with E-state index in [0.717, 1.165) is 15.4 Å². The van der Waals surface area contributed by atoms with Gasteiger partial charge in [-0.1, -0.05) is 12.8 Å². The smallest absolute Gasteiger partial charge is 0.196 e. The molecule has 0 aromatic carbocycles. The van der Waals surface area contributed by atoms with E-state index in [-0.39, 0.29) is 0 Å². The molecule has 1 aliphatic carbocycles. The lowest BCUT2D eigenvalue weighted by Gasteiger charge is -2.23. The zero-order valence-electron chi connectivity index (χ0n) is 9.79. The van der Waals surface area contributed by atoms with E-state index >= 15 is 0 Å². The second-order valence-corrected chi connectivity index (χ2v) is 6.97. The van der Waals surface area contributed by atoms with Crippen LogP contribution in [0.4, 0.5) is 5.69 Å². The van der Waals surface area contributed by atoms with Crippen LogP contribution >= 0.6 is 27.3 Å². The Morgan fingerprint density at radius 1 is 1.47 bits per heavy atom. The Bertz CT molecular complexity index is 435. The average Bonchev–Trinajstić information content (AvgIpc) is 2.87. The van der Waals surface area contributed by atoms with Gasteiger partial charge in [-0.05, 0) is 46.6 Å². The average molecular weight is 314 g/mol. The van der Waals surface area contributed by atoms with Crippen LogP contribution in [0.1, 0.15) is 31.2 Å². The Labute approximate surface area is 114 Å². The van der Waals surface area contributed by atoms with Crippen molar-refractivity contribution >= 4 is 38.9 Å².